The van der Waals surface area contributed by atoms with Gasteiger partial charge < -0.3 is 5.32 Å². The highest BCUT2D eigenvalue weighted by Crippen LogP contribution is 2.28. The third-order valence-electron chi connectivity index (χ3n) is 3.87. The zero-order chi connectivity index (χ0) is 17.7. The number of thiophene rings is 1. The number of aryl methyl sites for hydroxylation is 2. The van der Waals surface area contributed by atoms with Crippen molar-refractivity contribution in [1.82, 2.24) is 14.5 Å². The minimum atomic E-state index is -3.46. The second-order valence-corrected chi connectivity index (χ2v) is 9.08. The standard InChI is InChI=1S/C15H22N4O3S2/c1-12-10-14(13(2)23-12)24(21,22)19-8-6-18(7-9-19)11-15(20)17-5-3-4-16/h10H,3,5-9,11H2,1-2H3,(H,17,20). The molecule has 1 aliphatic heterocycles. The Hall–Kier alpha value is -1.47. The van der Waals surface area contributed by atoms with E-state index in [1.54, 1.807) is 6.07 Å². The van der Waals surface area contributed by atoms with E-state index in [9.17, 15) is 13.2 Å². The van der Waals surface area contributed by atoms with Crippen LogP contribution in [0.15, 0.2) is 11.0 Å². The van der Waals surface area contributed by atoms with Gasteiger partial charge in [-0.2, -0.15) is 9.57 Å². The summed E-state index contributed by atoms with van der Waals surface area (Å²) in [7, 11) is -3.46. The number of piperazine rings is 1. The number of carbonyl (C=O) groups excluding carboxylic acids is 1. The van der Waals surface area contributed by atoms with E-state index in [-0.39, 0.29) is 18.9 Å². The lowest BCUT2D eigenvalue weighted by Crippen LogP contribution is -2.51. The zero-order valence-corrected chi connectivity index (χ0v) is 15.5. The summed E-state index contributed by atoms with van der Waals surface area (Å²) in [5.74, 6) is -0.133. The summed E-state index contributed by atoms with van der Waals surface area (Å²) in [6.45, 7) is 6.10. The Labute approximate surface area is 146 Å². The SMILES string of the molecule is Cc1cc(S(=O)(=O)N2CCN(CC(=O)NCCC#N)CC2)c(C)s1. The molecular formula is C15H22N4O3S2. The predicted molar refractivity (Wildman–Crippen MR) is 92.2 cm³/mol. The van der Waals surface area contributed by atoms with Gasteiger partial charge in [-0.1, -0.05) is 0 Å². The molecule has 0 aromatic carbocycles. The Morgan fingerprint density at radius 2 is 2.00 bits per heavy atom. The monoisotopic (exact) mass is 370 g/mol. The van der Waals surface area contributed by atoms with E-state index >= 15 is 0 Å². The minimum absolute atomic E-state index is 0.133. The molecule has 7 nitrogen and oxygen atoms in total. The zero-order valence-electron chi connectivity index (χ0n) is 13.9. The average Bonchev–Trinajstić information content (AvgIpc) is 2.87. The second kappa shape index (κ2) is 8.07. The molecular weight excluding hydrogens is 348 g/mol. The molecule has 0 unspecified atom stereocenters. The first kappa shape index (κ1) is 18.9. The van der Waals surface area contributed by atoms with Crippen LogP contribution in [0.4, 0.5) is 0 Å². The van der Waals surface area contributed by atoms with Crippen molar-refractivity contribution in [3.8, 4) is 6.07 Å². The van der Waals surface area contributed by atoms with Crippen molar-refractivity contribution in [1.29, 1.82) is 5.26 Å². The number of nitrogens with one attached hydrogen (secondary N) is 1. The Bertz CT molecular complexity index is 728. The molecule has 1 aliphatic rings. The summed E-state index contributed by atoms with van der Waals surface area (Å²) >= 11 is 1.49. The van der Waals surface area contributed by atoms with E-state index in [4.69, 9.17) is 5.26 Å². The van der Waals surface area contributed by atoms with E-state index in [1.165, 1.54) is 15.6 Å². The third kappa shape index (κ3) is 4.54. The Morgan fingerprint density at radius 3 is 2.54 bits per heavy atom. The smallest absolute Gasteiger partial charge is 0.244 e. The molecule has 1 amide bonds. The summed E-state index contributed by atoms with van der Waals surface area (Å²) in [5, 5.41) is 11.1. The van der Waals surface area contributed by atoms with Gasteiger partial charge in [0.05, 0.1) is 23.9 Å². The van der Waals surface area contributed by atoms with Crippen molar-refractivity contribution in [2.45, 2.75) is 25.2 Å². The Kier molecular flexibility index (Phi) is 6.34. The van der Waals surface area contributed by atoms with E-state index in [1.807, 2.05) is 24.8 Å². The highest BCUT2D eigenvalue weighted by atomic mass is 32.2. The Morgan fingerprint density at radius 1 is 1.33 bits per heavy atom. The van der Waals surface area contributed by atoms with Gasteiger partial charge in [0.15, 0.2) is 0 Å². The van der Waals surface area contributed by atoms with Crippen LogP contribution in [0.25, 0.3) is 0 Å². The van der Waals surface area contributed by atoms with Gasteiger partial charge in [0, 0.05) is 42.5 Å². The number of sulfonamides is 1. The largest absolute Gasteiger partial charge is 0.354 e. The number of amides is 1. The van der Waals surface area contributed by atoms with Crippen LogP contribution in [0.2, 0.25) is 0 Å². The molecule has 1 saturated heterocycles. The van der Waals surface area contributed by atoms with E-state index in [0.717, 1.165) is 9.75 Å². The van der Waals surface area contributed by atoms with Crippen LogP contribution in [0.5, 0.6) is 0 Å². The van der Waals surface area contributed by atoms with Crippen LogP contribution in [-0.4, -0.2) is 62.8 Å². The van der Waals surface area contributed by atoms with Crippen LogP contribution in [0.3, 0.4) is 0 Å². The first-order valence-electron chi connectivity index (χ1n) is 7.78. The van der Waals surface area contributed by atoms with E-state index in [0.29, 0.717) is 37.6 Å². The fraction of sp³-hybridized carbons (Fsp3) is 0.600. The maximum absolute atomic E-state index is 12.7. The molecule has 0 radical (unpaired) electrons. The number of hydrogen-bond acceptors (Lipinski definition) is 6. The first-order chi connectivity index (χ1) is 11.3. The molecule has 9 heteroatoms. The topological polar surface area (TPSA) is 93.5 Å². The van der Waals surface area contributed by atoms with Crippen molar-refractivity contribution in [3.63, 3.8) is 0 Å². The van der Waals surface area contributed by atoms with Crippen molar-refractivity contribution >= 4 is 27.3 Å². The minimum Gasteiger partial charge on any atom is -0.354 e. The van der Waals surface area contributed by atoms with Gasteiger partial charge in [0.2, 0.25) is 15.9 Å². The number of nitriles is 1. The first-order valence-corrected chi connectivity index (χ1v) is 10.0. The van der Waals surface area contributed by atoms with E-state index in [2.05, 4.69) is 5.32 Å². The quantitative estimate of drug-likeness (QED) is 0.744. The van der Waals surface area contributed by atoms with Crippen molar-refractivity contribution in [2.24, 2.45) is 0 Å². The molecule has 2 rings (SSSR count). The molecule has 0 spiro atoms. The molecule has 0 atom stereocenters. The summed E-state index contributed by atoms with van der Waals surface area (Å²) in [6, 6.07) is 3.70. The van der Waals surface area contributed by atoms with Crippen molar-refractivity contribution in [3.05, 3.63) is 15.8 Å². The number of carbonyl (C=O) groups is 1. The molecule has 2 heterocycles. The van der Waals surface area contributed by atoms with E-state index < -0.39 is 10.0 Å². The lowest BCUT2D eigenvalue weighted by Gasteiger charge is -2.33. The fourth-order valence-corrected chi connectivity index (χ4v) is 5.59. The second-order valence-electron chi connectivity index (χ2n) is 5.72. The highest BCUT2D eigenvalue weighted by Gasteiger charge is 2.30. The van der Waals surface area contributed by atoms with Gasteiger partial charge in [-0.3, -0.25) is 9.69 Å². The summed E-state index contributed by atoms with van der Waals surface area (Å²) in [6.07, 6.45) is 0.289. The van der Waals surface area contributed by atoms with Gasteiger partial charge in [-0.05, 0) is 19.9 Å². The summed E-state index contributed by atoms with van der Waals surface area (Å²) in [5.41, 5.74) is 0. The van der Waals surface area contributed by atoms with Gasteiger partial charge in [0.1, 0.15) is 0 Å². The number of hydrogen-bond donors (Lipinski definition) is 1. The molecule has 1 aromatic heterocycles. The lowest BCUT2D eigenvalue weighted by atomic mass is 10.3. The predicted octanol–water partition coefficient (Wildman–Crippen LogP) is 0.701. The molecule has 1 fully saturated rings. The molecule has 1 N–H and O–H groups in total. The maximum Gasteiger partial charge on any atom is 0.244 e. The van der Waals surface area contributed by atoms with Gasteiger partial charge in [0.25, 0.3) is 0 Å². The maximum atomic E-state index is 12.7. The van der Waals surface area contributed by atoms with Crippen molar-refractivity contribution in [2.75, 3.05) is 39.3 Å². The molecule has 0 saturated carbocycles. The summed E-state index contributed by atoms with van der Waals surface area (Å²) in [4.78, 5) is 15.9. The van der Waals surface area contributed by atoms with Crippen LogP contribution >= 0.6 is 11.3 Å². The average molecular weight is 371 g/mol. The van der Waals surface area contributed by atoms with Crippen LogP contribution in [0.1, 0.15) is 16.2 Å². The highest BCUT2D eigenvalue weighted by molar-refractivity contribution is 7.89. The van der Waals surface area contributed by atoms with Gasteiger partial charge >= 0.3 is 0 Å². The summed E-state index contributed by atoms with van der Waals surface area (Å²) < 4.78 is 26.9. The number of rotatable bonds is 6. The fourth-order valence-electron chi connectivity index (χ4n) is 2.65. The third-order valence-corrected chi connectivity index (χ3v) is 6.99. The van der Waals surface area contributed by atoms with Crippen LogP contribution in [-0.2, 0) is 14.8 Å². The van der Waals surface area contributed by atoms with Gasteiger partial charge in [-0.15, -0.1) is 11.3 Å². The molecule has 1 aromatic rings. The molecule has 0 bridgehead atoms. The normalized spacial score (nSPS) is 16.7. The van der Waals surface area contributed by atoms with Crippen LogP contribution < -0.4 is 5.32 Å². The Balaban J connectivity index is 1.89. The van der Waals surface area contributed by atoms with Crippen molar-refractivity contribution < 1.29 is 13.2 Å². The van der Waals surface area contributed by atoms with Crippen LogP contribution in [0, 0.1) is 25.2 Å². The lowest BCUT2D eigenvalue weighted by molar-refractivity contribution is -0.122. The molecule has 24 heavy (non-hydrogen) atoms. The molecule has 0 aliphatic carbocycles. The van der Waals surface area contributed by atoms with Gasteiger partial charge in [-0.25, -0.2) is 8.42 Å². The molecule has 132 valence electrons. The number of nitrogens with zero attached hydrogens (tertiary/aromatic N) is 3.